The van der Waals surface area contributed by atoms with Crippen LogP contribution >= 0.6 is 0 Å². The van der Waals surface area contributed by atoms with Gasteiger partial charge in [0.25, 0.3) is 0 Å². The zero-order valence-corrected chi connectivity index (χ0v) is 11.3. The van der Waals surface area contributed by atoms with Crippen molar-refractivity contribution in [3.63, 3.8) is 0 Å². The van der Waals surface area contributed by atoms with Crippen LogP contribution in [0.2, 0.25) is 0 Å². The number of carbonyl (C=O) groups excluding carboxylic acids is 1. The molecule has 6 heteroatoms. The van der Waals surface area contributed by atoms with Gasteiger partial charge in [0.15, 0.2) is 5.78 Å². The number of carbonyl (C=O) groups is 1. The zero-order valence-electron chi connectivity index (χ0n) is 11.3. The smallest absolute Gasteiger partial charge is 0.173 e. The fourth-order valence-electron chi connectivity index (χ4n) is 1.88. The van der Waals surface area contributed by atoms with E-state index < -0.39 is 17.4 Å². The first-order valence-corrected chi connectivity index (χ1v) is 6.32. The van der Waals surface area contributed by atoms with Crippen LogP contribution in [0.5, 0.6) is 0 Å². The molecule has 0 unspecified atom stereocenters. The first-order chi connectivity index (χ1) is 9.47. The Bertz CT molecular complexity index is 623. The quantitative estimate of drug-likeness (QED) is 0.790. The van der Waals surface area contributed by atoms with Crippen LogP contribution in [0.15, 0.2) is 24.5 Å². The van der Waals surface area contributed by atoms with Crippen LogP contribution < -0.4 is 0 Å². The molecular formula is C14H15F2N3O. The summed E-state index contributed by atoms with van der Waals surface area (Å²) < 4.78 is 28.0. The molecule has 20 heavy (non-hydrogen) atoms. The first kappa shape index (κ1) is 14.3. The highest BCUT2D eigenvalue weighted by Gasteiger charge is 2.16. The van der Waals surface area contributed by atoms with E-state index in [0.29, 0.717) is 24.4 Å². The van der Waals surface area contributed by atoms with Crippen LogP contribution in [-0.2, 0) is 13.0 Å². The van der Waals surface area contributed by atoms with Crippen molar-refractivity contribution in [1.82, 2.24) is 14.8 Å². The molecule has 4 nitrogen and oxygen atoms in total. The van der Waals surface area contributed by atoms with E-state index in [4.69, 9.17) is 0 Å². The van der Waals surface area contributed by atoms with Gasteiger partial charge in [-0.1, -0.05) is 13.8 Å². The summed E-state index contributed by atoms with van der Waals surface area (Å²) in [6, 6.07) is 2.91. The minimum absolute atomic E-state index is 0.0602. The van der Waals surface area contributed by atoms with Gasteiger partial charge in [-0.2, -0.15) is 5.10 Å². The number of aromatic nitrogens is 3. The molecule has 0 bridgehead atoms. The number of hydrogen-bond acceptors (Lipinski definition) is 3. The lowest BCUT2D eigenvalue weighted by Crippen LogP contribution is -2.15. The summed E-state index contributed by atoms with van der Waals surface area (Å²) >= 11 is 0. The number of benzene rings is 1. The molecule has 0 amide bonds. The normalized spacial score (nSPS) is 11.1. The second-order valence-electron chi connectivity index (χ2n) is 4.98. The maximum absolute atomic E-state index is 13.5. The Morgan fingerprint density at radius 2 is 2.10 bits per heavy atom. The largest absolute Gasteiger partial charge is 0.294 e. The topological polar surface area (TPSA) is 47.8 Å². The van der Waals surface area contributed by atoms with E-state index in [1.165, 1.54) is 6.33 Å². The van der Waals surface area contributed by atoms with Gasteiger partial charge in [0, 0.05) is 12.6 Å². The van der Waals surface area contributed by atoms with Crippen molar-refractivity contribution < 1.29 is 13.6 Å². The maximum atomic E-state index is 13.5. The van der Waals surface area contributed by atoms with E-state index in [9.17, 15) is 13.6 Å². The van der Waals surface area contributed by atoms with Gasteiger partial charge in [0.1, 0.15) is 23.8 Å². The molecule has 0 radical (unpaired) electrons. The van der Waals surface area contributed by atoms with E-state index in [1.807, 2.05) is 13.8 Å². The predicted octanol–water partition coefficient (Wildman–Crippen LogP) is 2.64. The van der Waals surface area contributed by atoms with E-state index in [2.05, 4.69) is 10.1 Å². The second kappa shape index (κ2) is 5.90. The fourth-order valence-corrected chi connectivity index (χ4v) is 1.88. The van der Waals surface area contributed by atoms with Gasteiger partial charge in [-0.05, 0) is 18.1 Å². The Morgan fingerprint density at radius 1 is 1.35 bits per heavy atom. The van der Waals surface area contributed by atoms with E-state index >= 15 is 0 Å². The molecule has 0 aliphatic rings. The molecule has 0 saturated heterocycles. The lowest BCUT2D eigenvalue weighted by atomic mass is 10.1. The zero-order chi connectivity index (χ0) is 14.7. The van der Waals surface area contributed by atoms with Crippen molar-refractivity contribution in [2.75, 3.05) is 0 Å². The Balaban J connectivity index is 2.17. The number of halogens is 2. The van der Waals surface area contributed by atoms with Crippen molar-refractivity contribution >= 4 is 5.78 Å². The maximum Gasteiger partial charge on any atom is 0.173 e. The van der Waals surface area contributed by atoms with Crippen molar-refractivity contribution in [2.45, 2.75) is 26.8 Å². The van der Waals surface area contributed by atoms with Gasteiger partial charge in [-0.3, -0.25) is 4.79 Å². The van der Waals surface area contributed by atoms with Crippen LogP contribution in [-0.4, -0.2) is 20.5 Å². The van der Waals surface area contributed by atoms with Crippen LogP contribution in [0.1, 0.15) is 30.0 Å². The van der Waals surface area contributed by atoms with Crippen molar-refractivity contribution in [1.29, 1.82) is 0 Å². The Kier molecular flexibility index (Phi) is 4.22. The molecular weight excluding hydrogens is 264 g/mol. The first-order valence-electron chi connectivity index (χ1n) is 6.32. The third-order valence-corrected chi connectivity index (χ3v) is 2.78. The Hall–Kier alpha value is -2.11. The van der Waals surface area contributed by atoms with Gasteiger partial charge in [-0.25, -0.2) is 18.4 Å². The highest BCUT2D eigenvalue weighted by molar-refractivity contribution is 5.97. The summed E-state index contributed by atoms with van der Waals surface area (Å²) in [5.41, 5.74) is -0.134. The van der Waals surface area contributed by atoms with Gasteiger partial charge in [0.05, 0.1) is 12.0 Å². The molecule has 0 spiro atoms. The molecule has 0 fully saturated rings. The lowest BCUT2D eigenvalue weighted by Gasteiger charge is -2.08. The highest BCUT2D eigenvalue weighted by atomic mass is 19.1. The summed E-state index contributed by atoms with van der Waals surface area (Å²) in [6.45, 7) is 4.67. The molecule has 0 atom stereocenters. The SMILES string of the molecule is CC(C)Cn1ncnc1CC(=O)c1ccc(F)cc1F. The van der Waals surface area contributed by atoms with E-state index in [1.54, 1.807) is 4.68 Å². The third-order valence-electron chi connectivity index (χ3n) is 2.78. The van der Waals surface area contributed by atoms with Gasteiger partial charge in [0.2, 0.25) is 0 Å². The predicted molar refractivity (Wildman–Crippen MR) is 69.3 cm³/mol. The number of ketones is 1. The summed E-state index contributed by atoms with van der Waals surface area (Å²) in [7, 11) is 0. The van der Waals surface area contributed by atoms with Crippen LogP contribution in [0.3, 0.4) is 0 Å². The molecule has 0 saturated carbocycles. The number of hydrogen-bond donors (Lipinski definition) is 0. The van der Waals surface area contributed by atoms with Crippen LogP contribution in [0.25, 0.3) is 0 Å². The molecule has 106 valence electrons. The second-order valence-corrected chi connectivity index (χ2v) is 4.98. The molecule has 0 N–H and O–H groups in total. The number of Topliss-reactive ketones (excluding diaryl/α,β-unsaturated/α-hetero) is 1. The van der Waals surface area contributed by atoms with Crippen molar-refractivity contribution in [2.24, 2.45) is 5.92 Å². The summed E-state index contributed by atoms with van der Waals surface area (Å²) in [5, 5.41) is 4.04. The minimum atomic E-state index is -0.857. The molecule has 0 aliphatic carbocycles. The molecule has 1 aromatic carbocycles. The summed E-state index contributed by atoms with van der Waals surface area (Å²) in [6.07, 6.45) is 1.31. The summed E-state index contributed by atoms with van der Waals surface area (Å²) in [4.78, 5) is 16.1. The Labute approximate surface area is 115 Å². The Morgan fingerprint density at radius 3 is 2.75 bits per heavy atom. The van der Waals surface area contributed by atoms with E-state index in [-0.39, 0.29) is 12.0 Å². The molecule has 0 aliphatic heterocycles. The molecule has 1 aromatic heterocycles. The molecule has 1 heterocycles. The lowest BCUT2D eigenvalue weighted by molar-refractivity contribution is 0.0985. The van der Waals surface area contributed by atoms with Crippen molar-refractivity contribution in [3.8, 4) is 0 Å². The van der Waals surface area contributed by atoms with Gasteiger partial charge in [-0.15, -0.1) is 0 Å². The average Bonchev–Trinajstić information content (AvgIpc) is 2.75. The minimum Gasteiger partial charge on any atom is -0.294 e. The highest BCUT2D eigenvalue weighted by Crippen LogP contribution is 2.13. The van der Waals surface area contributed by atoms with E-state index in [0.717, 1.165) is 12.1 Å². The fraction of sp³-hybridized carbons (Fsp3) is 0.357. The summed E-state index contributed by atoms with van der Waals surface area (Å²) in [5.74, 6) is -1.17. The standard InChI is InChI=1S/C14H15F2N3O/c1-9(2)7-19-14(17-8-18-19)6-13(20)11-4-3-10(15)5-12(11)16/h3-5,8-9H,6-7H2,1-2H3. The number of nitrogens with zero attached hydrogens (tertiary/aromatic N) is 3. The average molecular weight is 279 g/mol. The third kappa shape index (κ3) is 3.26. The molecule has 2 rings (SSSR count). The van der Waals surface area contributed by atoms with Crippen molar-refractivity contribution in [3.05, 3.63) is 47.5 Å². The number of rotatable bonds is 5. The monoisotopic (exact) mass is 279 g/mol. The van der Waals surface area contributed by atoms with Crippen LogP contribution in [0.4, 0.5) is 8.78 Å². The van der Waals surface area contributed by atoms with Gasteiger partial charge < -0.3 is 0 Å². The molecule has 2 aromatic rings. The van der Waals surface area contributed by atoms with Gasteiger partial charge >= 0.3 is 0 Å². The van der Waals surface area contributed by atoms with Crippen LogP contribution in [0, 0.1) is 17.6 Å².